The van der Waals surface area contributed by atoms with Crippen LogP contribution in [0, 0.1) is 24.7 Å². The van der Waals surface area contributed by atoms with Gasteiger partial charge < -0.3 is 5.73 Å². The Labute approximate surface area is 108 Å². The fourth-order valence-electron chi connectivity index (χ4n) is 3.91. The summed E-state index contributed by atoms with van der Waals surface area (Å²) in [4.78, 5) is 4.51. The Bertz CT molecular complexity index is 387. The van der Waals surface area contributed by atoms with Crippen molar-refractivity contribution < 1.29 is 0 Å². The summed E-state index contributed by atoms with van der Waals surface area (Å²) in [5.41, 5.74) is 7.49. The molecule has 2 aliphatic rings. The highest BCUT2D eigenvalue weighted by molar-refractivity contribution is 7.09. The topological polar surface area (TPSA) is 38.9 Å². The zero-order chi connectivity index (χ0) is 11.8. The third-order valence-electron chi connectivity index (χ3n) is 4.63. The van der Waals surface area contributed by atoms with Crippen molar-refractivity contribution in [2.24, 2.45) is 23.5 Å². The van der Waals surface area contributed by atoms with Crippen LogP contribution in [0.5, 0.6) is 0 Å². The largest absolute Gasteiger partial charge is 0.327 e. The smallest absolute Gasteiger partial charge is 0.0897 e. The molecular weight excluding hydrogens is 228 g/mol. The molecule has 1 aromatic heterocycles. The van der Waals surface area contributed by atoms with Crippen LogP contribution >= 0.6 is 11.3 Å². The van der Waals surface area contributed by atoms with Crippen LogP contribution < -0.4 is 5.73 Å². The van der Waals surface area contributed by atoms with Crippen LogP contribution in [0.2, 0.25) is 0 Å². The Hall–Kier alpha value is -0.410. The first-order valence-corrected chi connectivity index (χ1v) is 7.75. The molecule has 3 heteroatoms. The van der Waals surface area contributed by atoms with Gasteiger partial charge in [-0.3, -0.25) is 0 Å². The minimum absolute atomic E-state index is 0.320. The molecule has 17 heavy (non-hydrogen) atoms. The molecule has 2 N–H and O–H groups in total. The second-order valence-corrected chi connectivity index (χ2v) is 7.05. The zero-order valence-electron chi connectivity index (χ0n) is 10.6. The third-order valence-corrected chi connectivity index (χ3v) is 5.45. The van der Waals surface area contributed by atoms with Gasteiger partial charge in [0, 0.05) is 17.8 Å². The van der Waals surface area contributed by atoms with Crippen LogP contribution in [0.1, 0.15) is 42.8 Å². The molecule has 2 bridgehead atoms. The normalized spacial score (nSPS) is 33.2. The van der Waals surface area contributed by atoms with Crippen LogP contribution in [0.15, 0.2) is 5.38 Å². The molecule has 4 unspecified atom stereocenters. The van der Waals surface area contributed by atoms with Crippen LogP contribution in [0.4, 0.5) is 0 Å². The van der Waals surface area contributed by atoms with Crippen molar-refractivity contribution in [3.8, 4) is 0 Å². The van der Waals surface area contributed by atoms with Crippen molar-refractivity contribution in [3.05, 3.63) is 16.1 Å². The van der Waals surface area contributed by atoms with Crippen molar-refractivity contribution in [3.63, 3.8) is 0 Å². The predicted molar refractivity (Wildman–Crippen MR) is 72.1 cm³/mol. The molecule has 0 amide bonds. The van der Waals surface area contributed by atoms with E-state index in [1.54, 1.807) is 11.3 Å². The van der Waals surface area contributed by atoms with E-state index in [1.165, 1.54) is 37.8 Å². The average Bonchev–Trinajstić information content (AvgIpc) is 2.95. The van der Waals surface area contributed by atoms with E-state index in [1.807, 2.05) is 0 Å². The molecule has 0 aromatic carbocycles. The number of aryl methyl sites for hydroxylation is 1. The first kappa shape index (κ1) is 11.7. The van der Waals surface area contributed by atoms with E-state index in [0.717, 1.165) is 29.2 Å². The van der Waals surface area contributed by atoms with Gasteiger partial charge in [0.2, 0.25) is 0 Å². The van der Waals surface area contributed by atoms with Crippen LogP contribution in [0.25, 0.3) is 0 Å². The SMILES string of the molecule is Cc1nc(CC(N)CC2CC3CCC2C3)cs1. The van der Waals surface area contributed by atoms with Gasteiger partial charge in [-0.05, 0) is 50.4 Å². The van der Waals surface area contributed by atoms with Crippen molar-refractivity contribution in [2.75, 3.05) is 0 Å². The molecule has 2 fully saturated rings. The lowest BCUT2D eigenvalue weighted by Gasteiger charge is -2.24. The number of rotatable bonds is 4. The van der Waals surface area contributed by atoms with Crippen LogP contribution in [0.3, 0.4) is 0 Å². The molecule has 0 spiro atoms. The summed E-state index contributed by atoms with van der Waals surface area (Å²) in [6.45, 7) is 2.07. The summed E-state index contributed by atoms with van der Waals surface area (Å²) in [5.74, 6) is 2.96. The second kappa shape index (κ2) is 4.69. The molecule has 3 rings (SSSR count). The molecule has 0 aliphatic heterocycles. The van der Waals surface area contributed by atoms with Gasteiger partial charge in [-0.15, -0.1) is 11.3 Å². The molecule has 0 radical (unpaired) electrons. The Morgan fingerprint density at radius 2 is 2.35 bits per heavy atom. The summed E-state index contributed by atoms with van der Waals surface area (Å²) in [6.07, 6.45) is 8.09. The van der Waals surface area contributed by atoms with Gasteiger partial charge in [-0.2, -0.15) is 0 Å². The van der Waals surface area contributed by atoms with E-state index in [2.05, 4.69) is 17.3 Å². The molecule has 4 atom stereocenters. The van der Waals surface area contributed by atoms with Gasteiger partial charge in [0.15, 0.2) is 0 Å². The Morgan fingerprint density at radius 3 is 2.94 bits per heavy atom. The second-order valence-electron chi connectivity index (χ2n) is 5.99. The molecule has 0 saturated heterocycles. The summed E-state index contributed by atoms with van der Waals surface area (Å²) < 4.78 is 0. The van der Waals surface area contributed by atoms with E-state index in [-0.39, 0.29) is 0 Å². The quantitative estimate of drug-likeness (QED) is 0.891. The minimum Gasteiger partial charge on any atom is -0.327 e. The molecule has 94 valence electrons. The van der Waals surface area contributed by atoms with Crippen molar-refractivity contribution in [1.29, 1.82) is 0 Å². The average molecular weight is 250 g/mol. The maximum absolute atomic E-state index is 6.29. The van der Waals surface area contributed by atoms with E-state index in [0.29, 0.717) is 6.04 Å². The molecule has 2 nitrogen and oxygen atoms in total. The zero-order valence-corrected chi connectivity index (χ0v) is 11.4. The Kier molecular flexibility index (Phi) is 3.22. The summed E-state index contributed by atoms with van der Waals surface area (Å²) in [7, 11) is 0. The first-order valence-electron chi connectivity index (χ1n) is 6.87. The molecule has 1 aromatic rings. The molecule has 2 saturated carbocycles. The number of nitrogens with two attached hydrogens (primary N) is 1. The molecular formula is C14H22N2S. The molecule has 2 aliphatic carbocycles. The van der Waals surface area contributed by atoms with Gasteiger partial charge in [0.1, 0.15) is 0 Å². The van der Waals surface area contributed by atoms with Gasteiger partial charge in [0.05, 0.1) is 10.7 Å². The lowest BCUT2D eigenvalue weighted by atomic mass is 9.83. The summed E-state index contributed by atoms with van der Waals surface area (Å²) in [6, 6.07) is 0.320. The highest BCUT2D eigenvalue weighted by Crippen LogP contribution is 2.49. The van der Waals surface area contributed by atoms with E-state index >= 15 is 0 Å². The van der Waals surface area contributed by atoms with Crippen molar-refractivity contribution in [2.45, 2.75) is 51.5 Å². The van der Waals surface area contributed by atoms with Gasteiger partial charge >= 0.3 is 0 Å². The fraction of sp³-hybridized carbons (Fsp3) is 0.786. The van der Waals surface area contributed by atoms with Crippen molar-refractivity contribution >= 4 is 11.3 Å². The van der Waals surface area contributed by atoms with Gasteiger partial charge in [-0.1, -0.05) is 6.42 Å². The van der Waals surface area contributed by atoms with E-state index in [4.69, 9.17) is 5.73 Å². The number of thiazole rings is 1. The maximum Gasteiger partial charge on any atom is 0.0897 e. The summed E-state index contributed by atoms with van der Waals surface area (Å²) >= 11 is 1.73. The lowest BCUT2D eigenvalue weighted by Crippen LogP contribution is -2.28. The standard InChI is InChI=1S/C14H22N2S/c1-9-16-14(8-17-9)7-13(15)6-12-5-10-2-3-11(12)4-10/h8,10-13H,2-7,15H2,1H3. The first-order chi connectivity index (χ1) is 8.20. The van der Waals surface area contributed by atoms with Crippen LogP contribution in [-0.2, 0) is 6.42 Å². The fourth-order valence-corrected chi connectivity index (χ4v) is 4.53. The van der Waals surface area contributed by atoms with Crippen molar-refractivity contribution in [1.82, 2.24) is 4.98 Å². The van der Waals surface area contributed by atoms with Gasteiger partial charge in [-0.25, -0.2) is 4.98 Å². The highest BCUT2D eigenvalue weighted by atomic mass is 32.1. The number of fused-ring (bicyclic) bond motifs is 2. The van der Waals surface area contributed by atoms with Crippen LogP contribution in [-0.4, -0.2) is 11.0 Å². The third kappa shape index (κ3) is 2.55. The summed E-state index contributed by atoms with van der Waals surface area (Å²) in [5, 5.41) is 3.32. The predicted octanol–water partition coefficient (Wildman–Crippen LogP) is 3.15. The van der Waals surface area contributed by atoms with E-state index < -0.39 is 0 Å². The Balaban J connectivity index is 1.52. The highest BCUT2D eigenvalue weighted by Gasteiger charge is 2.39. The lowest BCUT2D eigenvalue weighted by molar-refractivity contribution is 0.293. The minimum atomic E-state index is 0.320. The number of aromatic nitrogens is 1. The number of nitrogens with zero attached hydrogens (tertiary/aromatic N) is 1. The maximum atomic E-state index is 6.29. The Morgan fingerprint density at radius 1 is 1.47 bits per heavy atom. The number of hydrogen-bond donors (Lipinski definition) is 1. The van der Waals surface area contributed by atoms with E-state index in [9.17, 15) is 0 Å². The van der Waals surface area contributed by atoms with Gasteiger partial charge in [0.25, 0.3) is 0 Å². The number of hydrogen-bond acceptors (Lipinski definition) is 3. The molecule has 1 heterocycles. The monoisotopic (exact) mass is 250 g/mol.